The Morgan fingerprint density at radius 2 is 1.92 bits per heavy atom. The van der Waals surface area contributed by atoms with Gasteiger partial charge in [0.25, 0.3) is 0 Å². The molecule has 2 aromatic heterocycles. The first-order valence-corrected chi connectivity index (χ1v) is 8.30. The Morgan fingerprint density at radius 3 is 2.50 bits per heavy atom. The molecule has 0 N–H and O–H groups in total. The van der Waals surface area contributed by atoms with Crippen molar-refractivity contribution in [1.29, 1.82) is 0 Å². The molecule has 3 rings (SSSR count). The Balaban J connectivity index is 2.09. The number of benzene rings is 1. The van der Waals surface area contributed by atoms with E-state index >= 15 is 0 Å². The summed E-state index contributed by atoms with van der Waals surface area (Å²) in [4.78, 5) is 12.8. The fourth-order valence-corrected chi connectivity index (χ4v) is 3.01. The van der Waals surface area contributed by atoms with E-state index in [2.05, 4.69) is 43.1 Å². The van der Waals surface area contributed by atoms with Gasteiger partial charge in [0, 0.05) is 24.4 Å². The lowest BCUT2D eigenvalue weighted by Crippen LogP contribution is -2.24. The van der Waals surface area contributed by atoms with Crippen LogP contribution in [0, 0.1) is 0 Å². The lowest BCUT2D eigenvalue weighted by molar-refractivity contribution is 0.237. The summed E-state index contributed by atoms with van der Waals surface area (Å²) in [7, 11) is 0. The number of carbonyl (C=O) groups excluding carboxylic acids is 1. The quantitative estimate of drug-likeness (QED) is 0.732. The Hall–Kier alpha value is -2.69. The molecule has 1 aromatic carbocycles. The maximum atomic E-state index is 12.8. The predicted octanol–water partition coefficient (Wildman–Crippen LogP) is 3.87. The van der Waals surface area contributed by atoms with Crippen LogP contribution < -0.4 is 0 Å². The third-order valence-corrected chi connectivity index (χ3v) is 4.09. The van der Waals surface area contributed by atoms with Gasteiger partial charge in [-0.25, -0.2) is 4.79 Å². The fourth-order valence-electron chi connectivity index (χ4n) is 3.01. The first kappa shape index (κ1) is 16.2. The molecule has 0 saturated heterocycles. The number of nitrogens with zero attached hydrogens (tertiary/aromatic N) is 4. The topological polar surface area (TPSA) is 52.7 Å². The molecule has 0 saturated carbocycles. The summed E-state index contributed by atoms with van der Waals surface area (Å²) in [6.07, 6.45) is 4.82. The van der Waals surface area contributed by atoms with Crippen LogP contribution in [0.15, 0.2) is 48.8 Å². The molecule has 0 bridgehead atoms. The number of hydrogen-bond acceptors (Lipinski definition) is 3. The van der Waals surface area contributed by atoms with E-state index in [1.54, 1.807) is 18.5 Å². The molecule has 5 heteroatoms. The molecule has 3 aromatic rings. The number of carbonyl (C=O) groups is 1. The van der Waals surface area contributed by atoms with Gasteiger partial charge in [-0.2, -0.15) is 19.6 Å². The fraction of sp³-hybridized carbons (Fsp3) is 0.316. The van der Waals surface area contributed by atoms with Crippen molar-refractivity contribution >= 4 is 6.03 Å². The second-order valence-corrected chi connectivity index (χ2v) is 6.13. The summed E-state index contributed by atoms with van der Waals surface area (Å²) in [5, 5.41) is 8.66. The van der Waals surface area contributed by atoms with Crippen molar-refractivity contribution < 1.29 is 4.79 Å². The lowest BCUT2D eigenvalue weighted by atomic mass is 9.96. The highest BCUT2D eigenvalue weighted by Crippen LogP contribution is 2.26. The summed E-state index contributed by atoms with van der Waals surface area (Å²) in [6.45, 7) is 6.26. The molecular formula is C19H22N4O. The van der Waals surface area contributed by atoms with Gasteiger partial charge in [0.05, 0.1) is 11.4 Å². The summed E-state index contributed by atoms with van der Waals surface area (Å²) in [5.74, 6) is 0.191. The average Bonchev–Trinajstić information content (AvgIpc) is 3.23. The third-order valence-electron chi connectivity index (χ3n) is 4.09. The van der Waals surface area contributed by atoms with Crippen molar-refractivity contribution in [3.05, 3.63) is 71.3 Å². The second kappa shape index (κ2) is 6.83. The molecule has 0 atom stereocenters. The molecule has 0 spiro atoms. The van der Waals surface area contributed by atoms with E-state index in [0.717, 1.165) is 29.8 Å². The first-order chi connectivity index (χ1) is 11.6. The van der Waals surface area contributed by atoms with Gasteiger partial charge in [-0.3, -0.25) is 0 Å². The van der Waals surface area contributed by atoms with Crippen molar-refractivity contribution in [3.63, 3.8) is 0 Å². The monoisotopic (exact) mass is 322 g/mol. The van der Waals surface area contributed by atoms with E-state index in [1.165, 1.54) is 14.9 Å². The van der Waals surface area contributed by atoms with Gasteiger partial charge in [0.15, 0.2) is 0 Å². The molecule has 24 heavy (non-hydrogen) atoms. The maximum Gasteiger partial charge on any atom is 0.369 e. The Morgan fingerprint density at radius 1 is 1.17 bits per heavy atom. The van der Waals surface area contributed by atoms with Crippen LogP contribution >= 0.6 is 0 Å². The van der Waals surface area contributed by atoms with E-state index in [-0.39, 0.29) is 11.9 Å². The van der Waals surface area contributed by atoms with Gasteiger partial charge in [-0.1, -0.05) is 51.1 Å². The molecular weight excluding hydrogens is 300 g/mol. The maximum absolute atomic E-state index is 12.8. The van der Waals surface area contributed by atoms with Crippen LogP contribution in [0.1, 0.15) is 49.2 Å². The zero-order chi connectivity index (χ0) is 17.1. The highest BCUT2D eigenvalue weighted by molar-refractivity contribution is 5.78. The minimum Gasteiger partial charge on any atom is -0.244 e. The standard InChI is InChI=1S/C19H22N4O/c1-4-17-16(13-15-9-6-5-7-10-15)18(14(2)3)23(21-17)19(24)22-12-8-11-20-22/h5-12,14H,4,13H2,1-3H3. The molecule has 0 amide bonds. The molecule has 0 fully saturated rings. The van der Waals surface area contributed by atoms with Crippen molar-refractivity contribution in [2.24, 2.45) is 0 Å². The summed E-state index contributed by atoms with van der Waals surface area (Å²) >= 11 is 0. The minimum atomic E-state index is -0.238. The normalized spacial score (nSPS) is 11.2. The number of aromatic nitrogens is 4. The zero-order valence-corrected chi connectivity index (χ0v) is 14.3. The van der Waals surface area contributed by atoms with E-state index in [9.17, 15) is 4.79 Å². The first-order valence-electron chi connectivity index (χ1n) is 8.30. The van der Waals surface area contributed by atoms with Crippen LogP contribution in [-0.2, 0) is 12.8 Å². The Kier molecular flexibility index (Phi) is 4.60. The summed E-state index contributed by atoms with van der Waals surface area (Å²) in [5.41, 5.74) is 4.32. The molecule has 5 nitrogen and oxygen atoms in total. The number of aryl methyl sites for hydroxylation is 1. The van der Waals surface area contributed by atoms with Gasteiger partial charge in [0.1, 0.15) is 0 Å². The lowest BCUT2D eigenvalue weighted by Gasteiger charge is -2.12. The van der Waals surface area contributed by atoms with E-state index in [4.69, 9.17) is 0 Å². The molecule has 0 aliphatic carbocycles. The van der Waals surface area contributed by atoms with Crippen LogP contribution in [0.4, 0.5) is 4.79 Å². The highest BCUT2D eigenvalue weighted by Gasteiger charge is 2.24. The molecule has 124 valence electrons. The van der Waals surface area contributed by atoms with Crippen molar-refractivity contribution in [2.75, 3.05) is 0 Å². The second-order valence-electron chi connectivity index (χ2n) is 6.13. The van der Waals surface area contributed by atoms with E-state index in [1.807, 2.05) is 18.2 Å². The van der Waals surface area contributed by atoms with Crippen molar-refractivity contribution in [3.8, 4) is 0 Å². The Labute approximate surface area is 141 Å². The number of rotatable bonds is 4. The zero-order valence-electron chi connectivity index (χ0n) is 14.3. The van der Waals surface area contributed by atoms with Gasteiger partial charge >= 0.3 is 6.03 Å². The molecule has 0 unspecified atom stereocenters. The van der Waals surface area contributed by atoms with Crippen molar-refractivity contribution in [1.82, 2.24) is 19.6 Å². The molecule has 2 heterocycles. The highest BCUT2D eigenvalue weighted by atomic mass is 16.2. The molecule has 0 aliphatic heterocycles. The van der Waals surface area contributed by atoms with Crippen molar-refractivity contribution in [2.45, 2.75) is 39.5 Å². The summed E-state index contributed by atoms with van der Waals surface area (Å²) < 4.78 is 2.85. The largest absolute Gasteiger partial charge is 0.369 e. The van der Waals surface area contributed by atoms with Crippen LogP contribution in [0.3, 0.4) is 0 Å². The minimum absolute atomic E-state index is 0.191. The average molecular weight is 322 g/mol. The van der Waals surface area contributed by atoms with Crippen LogP contribution in [0.5, 0.6) is 0 Å². The Bertz CT molecular complexity index is 817. The van der Waals surface area contributed by atoms with E-state index < -0.39 is 0 Å². The van der Waals surface area contributed by atoms with Gasteiger partial charge in [-0.05, 0) is 24.0 Å². The predicted molar refractivity (Wildman–Crippen MR) is 93.4 cm³/mol. The van der Waals surface area contributed by atoms with Crippen LogP contribution in [0.25, 0.3) is 0 Å². The van der Waals surface area contributed by atoms with E-state index in [0.29, 0.717) is 0 Å². The SMILES string of the molecule is CCc1nn(C(=O)n2cccn2)c(C(C)C)c1Cc1ccccc1. The van der Waals surface area contributed by atoms with Crippen LogP contribution in [-0.4, -0.2) is 25.6 Å². The molecule has 0 radical (unpaired) electrons. The van der Waals surface area contributed by atoms with Crippen LogP contribution in [0.2, 0.25) is 0 Å². The molecule has 0 aliphatic rings. The summed E-state index contributed by atoms with van der Waals surface area (Å²) in [6, 6.07) is 11.8. The van der Waals surface area contributed by atoms with Gasteiger partial charge < -0.3 is 0 Å². The van der Waals surface area contributed by atoms with Gasteiger partial charge in [0.2, 0.25) is 0 Å². The number of hydrogen-bond donors (Lipinski definition) is 0. The smallest absolute Gasteiger partial charge is 0.244 e. The third kappa shape index (κ3) is 3.02. The van der Waals surface area contributed by atoms with Gasteiger partial charge in [-0.15, -0.1) is 0 Å².